The number of aromatic nitrogens is 1. The number of carbonyl (C=O) groups excluding carboxylic acids is 1. The molecule has 15 heavy (non-hydrogen) atoms. The van der Waals surface area contributed by atoms with Crippen molar-refractivity contribution in [2.24, 2.45) is 0 Å². The van der Waals surface area contributed by atoms with Gasteiger partial charge in [0, 0.05) is 19.3 Å². The summed E-state index contributed by atoms with van der Waals surface area (Å²) in [6.07, 6.45) is 2.99. The fraction of sp³-hybridized carbons (Fsp3) is 0.300. The minimum absolute atomic E-state index is 0.148. The number of nitrogens with one attached hydrogen (secondary N) is 1. The first kappa shape index (κ1) is 11.2. The standard InChI is InChI=1S/C10H12N2O3/c1-7(13)12-9(5-10(14)15)8-3-2-4-11-6-8/h2-4,6,9H,5H2,1H3,(H,12,13)(H,14,15)/t9-/m1/s1. The molecular formula is C10H12N2O3. The smallest absolute Gasteiger partial charge is 0.305 e. The van der Waals surface area contributed by atoms with Crippen LogP contribution in [0.1, 0.15) is 24.9 Å². The Hall–Kier alpha value is -1.91. The Morgan fingerprint density at radius 1 is 1.60 bits per heavy atom. The highest BCUT2D eigenvalue weighted by molar-refractivity contribution is 5.75. The van der Waals surface area contributed by atoms with Crippen molar-refractivity contribution in [3.63, 3.8) is 0 Å². The molecule has 80 valence electrons. The van der Waals surface area contributed by atoms with Crippen LogP contribution in [0.3, 0.4) is 0 Å². The molecule has 1 aromatic heterocycles. The van der Waals surface area contributed by atoms with E-state index in [-0.39, 0.29) is 12.3 Å². The van der Waals surface area contributed by atoms with Gasteiger partial charge >= 0.3 is 5.97 Å². The maximum absolute atomic E-state index is 10.9. The Labute approximate surface area is 87.1 Å². The van der Waals surface area contributed by atoms with Crippen LogP contribution in [0.4, 0.5) is 0 Å². The minimum atomic E-state index is -0.961. The third-order valence-corrected chi connectivity index (χ3v) is 1.84. The molecule has 1 rings (SSSR count). The maximum atomic E-state index is 10.9. The van der Waals surface area contributed by atoms with Crippen LogP contribution in [0.5, 0.6) is 0 Å². The molecule has 5 heteroatoms. The van der Waals surface area contributed by atoms with E-state index in [1.807, 2.05) is 0 Å². The first-order valence-electron chi connectivity index (χ1n) is 4.48. The predicted octanol–water partition coefficient (Wildman–Crippen LogP) is 0.734. The number of hydrogen-bond donors (Lipinski definition) is 2. The first-order chi connectivity index (χ1) is 7.09. The number of amides is 1. The van der Waals surface area contributed by atoms with Crippen molar-refractivity contribution in [3.8, 4) is 0 Å². The van der Waals surface area contributed by atoms with Gasteiger partial charge in [0.1, 0.15) is 0 Å². The molecule has 0 saturated heterocycles. The van der Waals surface area contributed by atoms with E-state index in [4.69, 9.17) is 5.11 Å². The minimum Gasteiger partial charge on any atom is -0.481 e. The van der Waals surface area contributed by atoms with Crippen molar-refractivity contribution in [1.29, 1.82) is 0 Å². The summed E-state index contributed by atoms with van der Waals surface area (Å²) in [6.45, 7) is 1.35. The van der Waals surface area contributed by atoms with Crippen LogP contribution >= 0.6 is 0 Å². The first-order valence-corrected chi connectivity index (χ1v) is 4.48. The largest absolute Gasteiger partial charge is 0.481 e. The second-order valence-corrected chi connectivity index (χ2v) is 3.14. The molecule has 0 fully saturated rings. The molecule has 1 atom stereocenters. The van der Waals surface area contributed by atoms with Gasteiger partial charge in [-0.2, -0.15) is 0 Å². The van der Waals surface area contributed by atoms with Crippen molar-refractivity contribution in [3.05, 3.63) is 30.1 Å². The number of carbonyl (C=O) groups is 2. The normalized spacial score (nSPS) is 11.8. The third kappa shape index (κ3) is 3.76. The fourth-order valence-electron chi connectivity index (χ4n) is 1.25. The number of nitrogens with zero attached hydrogens (tertiary/aromatic N) is 1. The van der Waals surface area contributed by atoms with E-state index in [1.165, 1.54) is 6.92 Å². The third-order valence-electron chi connectivity index (χ3n) is 1.84. The van der Waals surface area contributed by atoms with E-state index in [0.29, 0.717) is 5.56 Å². The second-order valence-electron chi connectivity index (χ2n) is 3.14. The van der Waals surface area contributed by atoms with Gasteiger partial charge in [0.25, 0.3) is 0 Å². The van der Waals surface area contributed by atoms with Gasteiger partial charge in [0.05, 0.1) is 12.5 Å². The monoisotopic (exact) mass is 208 g/mol. The van der Waals surface area contributed by atoms with Gasteiger partial charge in [-0.15, -0.1) is 0 Å². The van der Waals surface area contributed by atoms with Crippen LogP contribution < -0.4 is 5.32 Å². The van der Waals surface area contributed by atoms with Crippen molar-refractivity contribution in [1.82, 2.24) is 10.3 Å². The second kappa shape index (κ2) is 5.09. The van der Waals surface area contributed by atoms with Crippen LogP contribution in [0.2, 0.25) is 0 Å². The van der Waals surface area contributed by atoms with Gasteiger partial charge in [0.15, 0.2) is 0 Å². The molecule has 2 N–H and O–H groups in total. The number of hydrogen-bond acceptors (Lipinski definition) is 3. The predicted molar refractivity (Wildman–Crippen MR) is 53.0 cm³/mol. The summed E-state index contributed by atoms with van der Waals surface area (Å²) in [6, 6.07) is 2.91. The van der Waals surface area contributed by atoms with E-state index in [9.17, 15) is 9.59 Å². The molecule has 1 aromatic rings. The molecule has 0 aliphatic carbocycles. The maximum Gasteiger partial charge on any atom is 0.305 e. The van der Waals surface area contributed by atoms with Gasteiger partial charge in [-0.05, 0) is 11.6 Å². The van der Waals surface area contributed by atoms with Crippen molar-refractivity contribution >= 4 is 11.9 Å². The SMILES string of the molecule is CC(=O)N[C@H](CC(=O)O)c1cccnc1. The zero-order valence-corrected chi connectivity index (χ0v) is 8.30. The summed E-state index contributed by atoms with van der Waals surface area (Å²) in [5.41, 5.74) is 0.690. The summed E-state index contributed by atoms with van der Waals surface area (Å²) >= 11 is 0. The molecule has 0 spiro atoms. The quantitative estimate of drug-likeness (QED) is 0.764. The zero-order valence-electron chi connectivity index (χ0n) is 8.30. The molecule has 0 bridgehead atoms. The molecular weight excluding hydrogens is 196 g/mol. The molecule has 1 heterocycles. The molecule has 0 aliphatic rings. The molecule has 5 nitrogen and oxygen atoms in total. The molecule has 1 amide bonds. The Kier molecular flexibility index (Phi) is 3.79. The average molecular weight is 208 g/mol. The number of pyridine rings is 1. The zero-order chi connectivity index (χ0) is 11.3. The van der Waals surface area contributed by atoms with Crippen molar-refractivity contribution < 1.29 is 14.7 Å². The van der Waals surface area contributed by atoms with E-state index in [2.05, 4.69) is 10.3 Å². The summed E-state index contributed by atoms with van der Waals surface area (Å²) in [4.78, 5) is 25.4. The average Bonchev–Trinajstić information content (AvgIpc) is 2.17. The van der Waals surface area contributed by atoms with Gasteiger partial charge in [-0.25, -0.2) is 0 Å². The van der Waals surface area contributed by atoms with Crippen LogP contribution in [-0.4, -0.2) is 22.0 Å². The number of carboxylic acid groups (broad SMARTS) is 1. The van der Waals surface area contributed by atoms with Gasteiger partial charge < -0.3 is 10.4 Å². The van der Waals surface area contributed by atoms with Gasteiger partial charge in [0.2, 0.25) is 5.91 Å². The van der Waals surface area contributed by atoms with E-state index in [1.54, 1.807) is 24.5 Å². The fourth-order valence-corrected chi connectivity index (χ4v) is 1.25. The Morgan fingerprint density at radius 2 is 2.33 bits per heavy atom. The van der Waals surface area contributed by atoms with Crippen LogP contribution in [0.25, 0.3) is 0 Å². The van der Waals surface area contributed by atoms with Crippen LogP contribution in [0.15, 0.2) is 24.5 Å². The number of carboxylic acids is 1. The summed E-state index contributed by atoms with van der Waals surface area (Å²) in [5, 5.41) is 11.3. The summed E-state index contributed by atoms with van der Waals surface area (Å²) < 4.78 is 0. The van der Waals surface area contributed by atoms with Crippen LogP contribution in [-0.2, 0) is 9.59 Å². The summed E-state index contributed by atoms with van der Waals surface area (Å²) in [5.74, 6) is -1.22. The van der Waals surface area contributed by atoms with E-state index >= 15 is 0 Å². The Morgan fingerprint density at radius 3 is 2.80 bits per heavy atom. The number of rotatable bonds is 4. The highest BCUT2D eigenvalue weighted by Gasteiger charge is 2.16. The van der Waals surface area contributed by atoms with Crippen LogP contribution in [0, 0.1) is 0 Å². The Bertz CT molecular complexity index is 335. The molecule has 0 unspecified atom stereocenters. The molecule has 0 aliphatic heterocycles. The lowest BCUT2D eigenvalue weighted by Crippen LogP contribution is -2.28. The molecule has 0 saturated carbocycles. The molecule has 0 radical (unpaired) electrons. The van der Waals surface area contributed by atoms with Crippen molar-refractivity contribution in [2.75, 3.05) is 0 Å². The van der Waals surface area contributed by atoms with Gasteiger partial charge in [-0.3, -0.25) is 14.6 Å². The summed E-state index contributed by atoms with van der Waals surface area (Å²) in [7, 11) is 0. The molecule has 0 aromatic carbocycles. The van der Waals surface area contributed by atoms with Crippen molar-refractivity contribution in [2.45, 2.75) is 19.4 Å². The Balaban J connectivity index is 2.81. The topological polar surface area (TPSA) is 79.3 Å². The lowest BCUT2D eigenvalue weighted by Gasteiger charge is -2.15. The lowest BCUT2D eigenvalue weighted by atomic mass is 10.1. The lowest BCUT2D eigenvalue weighted by molar-refractivity contribution is -0.137. The van der Waals surface area contributed by atoms with Gasteiger partial charge in [-0.1, -0.05) is 6.07 Å². The highest BCUT2D eigenvalue weighted by atomic mass is 16.4. The van der Waals surface area contributed by atoms with E-state index in [0.717, 1.165) is 0 Å². The number of aliphatic carboxylic acids is 1. The van der Waals surface area contributed by atoms with E-state index < -0.39 is 12.0 Å². The highest BCUT2D eigenvalue weighted by Crippen LogP contribution is 2.15.